The number of anilines is 3. The van der Waals surface area contributed by atoms with Gasteiger partial charge in [0.2, 0.25) is 0 Å². The fourth-order valence-electron chi connectivity index (χ4n) is 5.15. The lowest BCUT2D eigenvalue weighted by atomic mass is 9.99. The summed E-state index contributed by atoms with van der Waals surface area (Å²) in [5, 5.41) is 2.78. The van der Waals surface area contributed by atoms with Crippen molar-refractivity contribution in [2.45, 2.75) is 59.1 Å². The molecule has 1 heterocycles. The third-order valence-electron chi connectivity index (χ3n) is 7.44. The van der Waals surface area contributed by atoms with E-state index < -0.39 is 17.5 Å². The number of carbonyl (C=O) groups excluding carboxylic acids is 2. The van der Waals surface area contributed by atoms with E-state index in [0.717, 1.165) is 37.5 Å². The predicted molar refractivity (Wildman–Crippen MR) is 170 cm³/mol. The third-order valence-corrected chi connectivity index (χ3v) is 7.44. The number of amides is 3. The Morgan fingerprint density at radius 1 is 1.02 bits per heavy atom. The van der Waals surface area contributed by atoms with Crippen molar-refractivity contribution < 1.29 is 18.7 Å². The number of halogens is 1. The monoisotopic (exact) mass is 586 g/mol. The van der Waals surface area contributed by atoms with Gasteiger partial charge in [0.25, 0.3) is 0 Å². The molecule has 2 radical (unpaired) electrons. The lowest BCUT2D eigenvalue weighted by molar-refractivity contribution is 0.0636. The third kappa shape index (κ3) is 9.55. The van der Waals surface area contributed by atoms with Crippen molar-refractivity contribution in [2.75, 3.05) is 36.4 Å². The van der Waals surface area contributed by atoms with E-state index in [1.165, 1.54) is 29.9 Å². The molecule has 4 rings (SSSR count). The van der Waals surface area contributed by atoms with Crippen molar-refractivity contribution in [3.63, 3.8) is 0 Å². The zero-order chi connectivity index (χ0) is 31.0. The SMILES string of the molecule is [CH]c1ccc(CN(CCCN2CCC(C)CC2)C(=O)N(c2cccc(F)c2)c2ccccc2NC(=O)OC(C)(C)C)cc1. The van der Waals surface area contributed by atoms with Gasteiger partial charge in [-0.1, -0.05) is 49.4 Å². The number of piperidine rings is 1. The summed E-state index contributed by atoms with van der Waals surface area (Å²) in [6.07, 6.45) is 2.50. The van der Waals surface area contributed by atoms with Gasteiger partial charge in [0.15, 0.2) is 0 Å². The van der Waals surface area contributed by atoms with Gasteiger partial charge in [-0.25, -0.2) is 14.0 Å². The van der Waals surface area contributed by atoms with Gasteiger partial charge in [-0.05, 0) is 114 Å². The van der Waals surface area contributed by atoms with Crippen LogP contribution in [0.15, 0.2) is 72.8 Å². The summed E-state index contributed by atoms with van der Waals surface area (Å²) in [5.41, 5.74) is 1.97. The standard InChI is InChI=1S/C35H43FN4O3/c1-26-14-16-28(17-15-26)25-39(21-9-20-38-22-18-27(2)19-23-38)34(42)40(30-11-8-10-29(36)24-30)32-13-7-6-12-31(32)37-33(41)43-35(3,4)5/h1,6-8,10-17,24,27H,9,18-23,25H2,2-5H3,(H,37,41). The zero-order valence-corrected chi connectivity index (χ0v) is 25.7. The Kier molecular flexibility index (Phi) is 10.8. The second kappa shape index (κ2) is 14.5. The van der Waals surface area contributed by atoms with E-state index in [-0.39, 0.29) is 6.03 Å². The van der Waals surface area contributed by atoms with Crippen molar-refractivity contribution in [1.82, 2.24) is 9.80 Å². The molecule has 0 atom stereocenters. The molecule has 1 fully saturated rings. The average molecular weight is 587 g/mol. The summed E-state index contributed by atoms with van der Waals surface area (Å²) in [6, 6.07) is 20.0. The highest BCUT2D eigenvalue weighted by Crippen LogP contribution is 2.34. The molecule has 7 nitrogen and oxygen atoms in total. The largest absolute Gasteiger partial charge is 0.444 e. The maximum absolute atomic E-state index is 14.6. The Bertz CT molecular complexity index is 1360. The van der Waals surface area contributed by atoms with Crippen LogP contribution in [-0.2, 0) is 11.3 Å². The maximum atomic E-state index is 14.6. The van der Waals surface area contributed by atoms with Crippen LogP contribution in [0, 0.1) is 18.7 Å². The Morgan fingerprint density at radius 2 is 1.72 bits per heavy atom. The van der Waals surface area contributed by atoms with Gasteiger partial charge in [0.05, 0.1) is 17.1 Å². The van der Waals surface area contributed by atoms with Crippen LogP contribution in [0.3, 0.4) is 0 Å². The Hall–Kier alpha value is -3.91. The number of hydrogen-bond donors (Lipinski definition) is 1. The number of nitrogens with one attached hydrogen (secondary N) is 1. The first-order chi connectivity index (χ1) is 20.5. The molecule has 228 valence electrons. The Morgan fingerprint density at radius 3 is 2.40 bits per heavy atom. The molecule has 1 aliphatic heterocycles. The van der Waals surface area contributed by atoms with Gasteiger partial charge in [-0.15, -0.1) is 0 Å². The molecule has 0 saturated carbocycles. The van der Waals surface area contributed by atoms with E-state index >= 15 is 0 Å². The van der Waals surface area contributed by atoms with Crippen LogP contribution in [0.2, 0.25) is 0 Å². The van der Waals surface area contributed by atoms with Crippen LogP contribution in [-0.4, -0.2) is 53.7 Å². The lowest BCUT2D eigenvalue weighted by Crippen LogP contribution is -2.42. The van der Waals surface area contributed by atoms with Gasteiger partial charge in [0.1, 0.15) is 11.4 Å². The highest BCUT2D eigenvalue weighted by molar-refractivity contribution is 6.04. The van der Waals surface area contributed by atoms with Crippen molar-refractivity contribution in [1.29, 1.82) is 0 Å². The van der Waals surface area contributed by atoms with Crippen LogP contribution in [0.25, 0.3) is 0 Å². The van der Waals surface area contributed by atoms with E-state index in [4.69, 9.17) is 11.7 Å². The summed E-state index contributed by atoms with van der Waals surface area (Å²) >= 11 is 0. The van der Waals surface area contributed by atoms with E-state index in [0.29, 0.717) is 35.7 Å². The first-order valence-corrected chi connectivity index (χ1v) is 15.0. The van der Waals surface area contributed by atoms with Crippen molar-refractivity contribution in [3.8, 4) is 0 Å². The molecular weight excluding hydrogens is 543 g/mol. The van der Waals surface area contributed by atoms with Crippen LogP contribution in [0.5, 0.6) is 0 Å². The number of likely N-dealkylation sites (tertiary alicyclic amines) is 1. The minimum Gasteiger partial charge on any atom is -0.444 e. The van der Waals surface area contributed by atoms with Crippen LogP contribution < -0.4 is 10.2 Å². The zero-order valence-electron chi connectivity index (χ0n) is 25.7. The summed E-state index contributed by atoms with van der Waals surface area (Å²) in [7, 11) is 0. The maximum Gasteiger partial charge on any atom is 0.412 e. The number of ether oxygens (including phenoxy) is 1. The molecule has 3 aromatic rings. The Balaban J connectivity index is 1.66. The fourth-order valence-corrected chi connectivity index (χ4v) is 5.15. The fraction of sp³-hybridized carbons (Fsp3) is 0.400. The molecule has 0 spiro atoms. The number of hydrogen-bond acceptors (Lipinski definition) is 4. The minimum atomic E-state index is -0.709. The molecule has 3 amide bonds. The molecule has 0 aromatic heterocycles. The van der Waals surface area contributed by atoms with Crippen LogP contribution in [0.4, 0.5) is 31.0 Å². The molecular formula is C35H43FN4O3. The van der Waals surface area contributed by atoms with Crippen LogP contribution in [0.1, 0.15) is 58.1 Å². The highest BCUT2D eigenvalue weighted by Gasteiger charge is 2.28. The van der Waals surface area contributed by atoms with Crippen LogP contribution >= 0.6 is 0 Å². The first kappa shape index (κ1) is 32.0. The quantitative estimate of drug-likeness (QED) is 0.275. The van der Waals surface area contributed by atoms with Gasteiger partial charge in [-0.3, -0.25) is 10.2 Å². The van der Waals surface area contributed by atoms with Crippen molar-refractivity contribution in [2.24, 2.45) is 5.92 Å². The molecule has 0 unspecified atom stereocenters. The molecule has 0 aliphatic carbocycles. The molecule has 43 heavy (non-hydrogen) atoms. The number of nitrogens with zero attached hydrogens (tertiary/aromatic N) is 3. The lowest BCUT2D eigenvalue weighted by Gasteiger charge is -2.34. The molecule has 3 aromatic carbocycles. The number of para-hydroxylation sites is 2. The van der Waals surface area contributed by atoms with Crippen molar-refractivity contribution >= 4 is 29.2 Å². The Labute approximate surface area is 255 Å². The summed E-state index contributed by atoms with van der Waals surface area (Å²) < 4.78 is 20.0. The van der Waals surface area contributed by atoms with Gasteiger partial charge < -0.3 is 14.5 Å². The van der Waals surface area contributed by atoms with Gasteiger partial charge in [-0.2, -0.15) is 0 Å². The first-order valence-electron chi connectivity index (χ1n) is 15.0. The molecule has 1 aliphatic rings. The van der Waals surface area contributed by atoms with E-state index in [1.54, 1.807) is 62.1 Å². The number of carbonyl (C=O) groups is 2. The van der Waals surface area contributed by atoms with Gasteiger partial charge >= 0.3 is 12.1 Å². The summed E-state index contributed by atoms with van der Waals surface area (Å²) in [4.78, 5) is 33.0. The number of rotatable bonds is 9. The predicted octanol–water partition coefficient (Wildman–Crippen LogP) is 8.11. The normalized spacial score (nSPS) is 14.3. The van der Waals surface area contributed by atoms with E-state index in [1.807, 2.05) is 24.3 Å². The van der Waals surface area contributed by atoms with Gasteiger partial charge in [0, 0.05) is 13.1 Å². The average Bonchev–Trinajstić information content (AvgIpc) is 2.95. The smallest absolute Gasteiger partial charge is 0.412 e. The number of benzene rings is 3. The molecule has 1 saturated heterocycles. The highest BCUT2D eigenvalue weighted by atomic mass is 19.1. The molecule has 1 N–H and O–H groups in total. The second-order valence-corrected chi connectivity index (χ2v) is 12.3. The minimum absolute atomic E-state index is 0.337. The summed E-state index contributed by atoms with van der Waals surface area (Å²) in [5.74, 6) is 0.270. The second-order valence-electron chi connectivity index (χ2n) is 12.3. The van der Waals surface area contributed by atoms with Crippen molar-refractivity contribution in [3.05, 3.63) is 96.7 Å². The molecule has 8 heteroatoms. The van der Waals surface area contributed by atoms with E-state index in [2.05, 4.69) is 17.1 Å². The number of urea groups is 1. The topological polar surface area (TPSA) is 65.1 Å². The van der Waals surface area contributed by atoms with E-state index in [9.17, 15) is 14.0 Å². The summed E-state index contributed by atoms with van der Waals surface area (Å²) in [6.45, 7) is 17.4. The molecule has 0 bridgehead atoms.